The van der Waals surface area contributed by atoms with Crippen molar-refractivity contribution in [2.75, 3.05) is 23.8 Å². The monoisotopic (exact) mass is 398 g/mol. The van der Waals surface area contributed by atoms with Gasteiger partial charge < -0.3 is 9.47 Å². The number of aromatic nitrogens is 2. The summed E-state index contributed by atoms with van der Waals surface area (Å²) in [7, 11) is 0. The van der Waals surface area contributed by atoms with E-state index in [1.54, 1.807) is 27.7 Å². The summed E-state index contributed by atoms with van der Waals surface area (Å²) in [6.45, 7) is 7.20. The van der Waals surface area contributed by atoms with E-state index in [4.69, 9.17) is 9.47 Å². The van der Waals surface area contributed by atoms with Gasteiger partial charge >= 0.3 is 12.2 Å². The summed E-state index contributed by atoms with van der Waals surface area (Å²) in [5.74, 6) is -0.274. The standard InChI is InChI=1S/C15H18N4O5S2/c1-5-23-14(21)18-12-16-7(3)10(25-12)9(20)11-8(4)17-13(26-11)19-15(22)24-6-2/h5-6H2,1-4H3,(H,16,18,21)(H,17,19,22). The topological polar surface area (TPSA) is 120 Å². The van der Waals surface area contributed by atoms with Crippen molar-refractivity contribution < 1.29 is 23.9 Å². The van der Waals surface area contributed by atoms with Crippen molar-refractivity contribution in [1.29, 1.82) is 0 Å². The molecular formula is C15H18N4O5S2. The molecule has 0 saturated heterocycles. The van der Waals surface area contributed by atoms with Crippen LogP contribution in [0.4, 0.5) is 19.9 Å². The molecule has 0 unspecified atom stereocenters. The Morgan fingerprint density at radius 1 is 0.846 bits per heavy atom. The Labute approximate surface area is 157 Å². The van der Waals surface area contributed by atoms with E-state index in [9.17, 15) is 14.4 Å². The van der Waals surface area contributed by atoms with Gasteiger partial charge in [-0.1, -0.05) is 22.7 Å². The number of nitrogens with zero attached hydrogens (tertiary/aromatic N) is 2. The van der Waals surface area contributed by atoms with Crippen LogP contribution >= 0.6 is 22.7 Å². The molecule has 0 aliphatic heterocycles. The summed E-state index contributed by atoms with van der Waals surface area (Å²) in [5, 5.41) is 5.51. The average molecular weight is 398 g/mol. The maximum Gasteiger partial charge on any atom is 0.413 e. The zero-order valence-electron chi connectivity index (χ0n) is 14.7. The predicted molar refractivity (Wildman–Crippen MR) is 98.4 cm³/mol. The van der Waals surface area contributed by atoms with E-state index in [1.807, 2.05) is 0 Å². The highest BCUT2D eigenvalue weighted by Crippen LogP contribution is 2.30. The van der Waals surface area contributed by atoms with E-state index < -0.39 is 12.2 Å². The van der Waals surface area contributed by atoms with Crippen LogP contribution in [-0.4, -0.2) is 41.2 Å². The van der Waals surface area contributed by atoms with Crippen LogP contribution in [-0.2, 0) is 9.47 Å². The first-order valence-corrected chi connectivity index (χ1v) is 9.36. The van der Waals surface area contributed by atoms with Crippen LogP contribution < -0.4 is 10.6 Å². The Bertz CT molecular complexity index is 764. The number of nitrogens with one attached hydrogen (secondary N) is 2. The second kappa shape index (κ2) is 8.72. The molecule has 2 rings (SSSR count). The minimum absolute atomic E-state index is 0.234. The Morgan fingerprint density at radius 3 is 1.58 bits per heavy atom. The lowest BCUT2D eigenvalue weighted by atomic mass is 10.2. The van der Waals surface area contributed by atoms with Gasteiger partial charge in [-0.05, 0) is 27.7 Å². The first-order valence-electron chi connectivity index (χ1n) is 7.72. The van der Waals surface area contributed by atoms with Gasteiger partial charge in [0.1, 0.15) is 9.75 Å². The van der Waals surface area contributed by atoms with E-state index in [0.717, 1.165) is 22.7 Å². The fraction of sp³-hybridized carbons (Fsp3) is 0.400. The molecule has 2 aromatic rings. The number of carbonyl (C=O) groups excluding carboxylic acids is 3. The van der Waals surface area contributed by atoms with Gasteiger partial charge in [-0.25, -0.2) is 19.6 Å². The van der Waals surface area contributed by atoms with Crippen molar-refractivity contribution in [2.24, 2.45) is 0 Å². The molecule has 2 N–H and O–H groups in total. The first kappa shape index (κ1) is 19.8. The maximum atomic E-state index is 12.8. The summed E-state index contributed by atoms with van der Waals surface area (Å²) >= 11 is 2.10. The van der Waals surface area contributed by atoms with Crippen LogP contribution in [0.3, 0.4) is 0 Å². The number of carbonyl (C=O) groups is 3. The quantitative estimate of drug-likeness (QED) is 0.714. The van der Waals surface area contributed by atoms with Gasteiger partial charge in [0.2, 0.25) is 5.78 Å². The van der Waals surface area contributed by atoms with Crippen molar-refractivity contribution in [3.8, 4) is 0 Å². The minimum atomic E-state index is -0.629. The summed E-state index contributed by atoms with van der Waals surface area (Å²) < 4.78 is 9.58. The Hall–Kier alpha value is -2.53. The number of thiazole rings is 2. The molecule has 0 atom stereocenters. The van der Waals surface area contributed by atoms with E-state index in [0.29, 0.717) is 21.1 Å². The fourth-order valence-corrected chi connectivity index (χ4v) is 3.79. The van der Waals surface area contributed by atoms with E-state index in [-0.39, 0.29) is 29.3 Å². The molecule has 0 saturated carbocycles. The number of ketones is 1. The molecule has 2 aromatic heterocycles. The first-order chi connectivity index (χ1) is 12.3. The highest BCUT2D eigenvalue weighted by molar-refractivity contribution is 7.21. The fourth-order valence-electron chi connectivity index (χ4n) is 1.93. The molecule has 11 heteroatoms. The third-order valence-electron chi connectivity index (χ3n) is 2.97. The molecule has 0 bridgehead atoms. The highest BCUT2D eigenvalue weighted by atomic mass is 32.1. The second-order valence-electron chi connectivity index (χ2n) is 4.89. The van der Waals surface area contributed by atoms with Gasteiger partial charge in [-0.15, -0.1) is 0 Å². The van der Waals surface area contributed by atoms with Crippen LogP contribution in [0.1, 0.15) is 39.8 Å². The third kappa shape index (κ3) is 4.76. The molecule has 0 aromatic carbocycles. The van der Waals surface area contributed by atoms with Crippen molar-refractivity contribution in [2.45, 2.75) is 27.7 Å². The number of hydrogen-bond acceptors (Lipinski definition) is 9. The zero-order chi connectivity index (χ0) is 19.3. The molecule has 0 radical (unpaired) electrons. The van der Waals surface area contributed by atoms with Crippen molar-refractivity contribution in [3.05, 3.63) is 21.1 Å². The van der Waals surface area contributed by atoms with Crippen LogP contribution in [0.25, 0.3) is 0 Å². The lowest BCUT2D eigenvalue weighted by Gasteiger charge is -2.00. The average Bonchev–Trinajstić information content (AvgIpc) is 3.09. The van der Waals surface area contributed by atoms with Gasteiger partial charge in [0.15, 0.2) is 10.3 Å². The number of anilines is 2. The Morgan fingerprint density at radius 2 is 1.23 bits per heavy atom. The minimum Gasteiger partial charge on any atom is -0.450 e. The molecule has 26 heavy (non-hydrogen) atoms. The molecule has 140 valence electrons. The predicted octanol–water partition coefficient (Wildman–Crippen LogP) is 3.58. The van der Waals surface area contributed by atoms with Gasteiger partial charge in [-0.3, -0.25) is 15.4 Å². The molecule has 2 amide bonds. The van der Waals surface area contributed by atoms with Crippen LogP contribution in [0.2, 0.25) is 0 Å². The van der Waals surface area contributed by atoms with Crippen molar-refractivity contribution >= 4 is 50.9 Å². The summed E-state index contributed by atoms with van der Waals surface area (Å²) in [6.07, 6.45) is -1.26. The summed E-state index contributed by atoms with van der Waals surface area (Å²) in [4.78, 5) is 44.8. The van der Waals surface area contributed by atoms with Gasteiger partial charge in [0.25, 0.3) is 0 Å². The van der Waals surface area contributed by atoms with E-state index >= 15 is 0 Å². The molecule has 0 aliphatic rings. The Kier molecular flexibility index (Phi) is 6.64. The lowest BCUT2D eigenvalue weighted by Crippen LogP contribution is -2.12. The molecule has 0 aliphatic carbocycles. The maximum absolute atomic E-state index is 12.8. The van der Waals surface area contributed by atoms with Crippen LogP contribution in [0.15, 0.2) is 0 Å². The second-order valence-corrected chi connectivity index (χ2v) is 6.89. The largest absolute Gasteiger partial charge is 0.450 e. The smallest absolute Gasteiger partial charge is 0.413 e. The van der Waals surface area contributed by atoms with Gasteiger partial charge in [0, 0.05) is 0 Å². The molecular weight excluding hydrogens is 380 g/mol. The van der Waals surface area contributed by atoms with Crippen molar-refractivity contribution in [1.82, 2.24) is 9.97 Å². The van der Waals surface area contributed by atoms with E-state index in [2.05, 4.69) is 20.6 Å². The summed E-state index contributed by atoms with van der Waals surface area (Å²) in [6, 6.07) is 0. The van der Waals surface area contributed by atoms with Crippen molar-refractivity contribution in [3.63, 3.8) is 0 Å². The van der Waals surface area contributed by atoms with Gasteiger partial charge in [-0.2, -0.15) is 0 Å². The highest BCUT2D eigenvalue weighted by Gasteiger charge is 2.23. The van der Waals surface area contributed by atoms with Crippen LogP contribution in [0, 0.1) is 13.8 Å². The van der Waals surface area contributed by atoms with Gasteiger partial charge in [0.05, 0.1) is 24.6 Å². The number of hydrogen-bond donors (Lipinski definition) is 2. The SMILES string of the molecule is CCOC(=O)Nc1nc(C)c(C(=O)c2sc(NC(=O)OCC)nc2C)s1. The number of ether oxygens (including phenoxy) is 2. The molecule has 2 heterocycles. The lowest BCUT2D eigenvalue weighted by molar-refractivity contribution is 0.104. The third-order valence-corrected chi connectivity index (χ3v) is 5.12. The normalized spacial score (nSPS) is 10.3. The number of rotatable bonds is 6. The van der Waals surface area contributed by atoms with Crippen LogP contribution in [0.5, 0.6) is 0 Å². The number of amides is 2. The molecule has 9 nitrogen and oxygen atoms in total. The van der Waals surface area contributed by atoms with E-state index in [1.165, 1.54) is 0 Å². The Balaban J connectivity index is 2.18. The zero-order valence-corrected chi connectivity index (χ0v) is 16.3. The molecule has 0 spiro atoms. The summed E-state index contributed by atoms with van der Waals surface area (Å²) in [5.41, 5.74) is 0.971. The number of aryl methyl sites for hydroxylation is 2. The molecule has 0 fully saturated rings.